The Morgan fingerprint density at radius 1 is 1.00 bits per heavy atom. The van der Waals surface area contributed by atoms with E-state index in [1.54, 1.807) is 0 Å². The van der Waals surface area contributed by atoms with Crippen LogP contribution in [0.25, 0.3) is 11.1 Å². The minimum absolute atomic E-state index is 0.0221. The molecule has 0 radical (unpaired) electrons. The van der Waals surface area contributed by atoms with Crippen LogP contribution in [0.5, 0.6) is 0 Å². The first kappa shape index (κ1) is 19.7. The van der Waals surface area contributed by atoms with Gasteiger partial charge in [-0.15, -0.1) is 0 Å². The summed E-state index contributed by atoms with van der Waals surface area (Å²) < 4.78 is 5.95. The average Bonchev–Trinajstić information content (AvgIpc) is 3.15. The molecular weight excluding hydrogens is 332 g/mol. The monoisotopic (exact) mass is 364 g/mol. The maximum Gasteiger partial charge on any atom is 0.313 e. The molecule has 1 aliphatic rings. The average molecular weight is 365 g/mol. The van der Waals surface area contributed by atoms with E-state index in [9.17, 15) is 4.79 Å². The lowest BCUT2D eigenvalue weighted by atomic mass is 9.79. The van der Waals surface area contributed by atoms with Gasteiger partial charge in [-0.3, -0.25) is 4.79 Å². The fraction of sp³-hybridized carbons (Fsp3) is 0.480. The van der Waals surface area contributed by atoms with Gasteiger partial charge in [-0.1, -0.05) is 89.2 Å². The van der Waals surface area contributed by atoms with Crippen LogP contribution >= 0.6 is 0 Å². The molecule has 2 heteroatoms. The Bertz CT molecular complexity index is 796. The van der Waals surface area contributed by atoms with Crippen LogP contribution in [0.15, 0.2) is 54.6 Å². The molecular formula is C25H32O2. The van der Waals surface area contributed by atoms with Gasteiger partial charge in [0, 0.05) is 0 Å². The first-order chi connectivity index (χ1) is 12.5. The SMILES string of the molecule is CC(OC(=O)C1(CC(C)(C)C)CC1(C)C)c1ccc(-c2ccccc2)cc1. The standard InChI is InChI=1S/C25H32O2/c1-18(19-12-14-21(15-13-19)20-10-8-7-9-11-20)27-22(26)25(16-23(2,3)4)17-24(25,5)6/h7-15,18H,16-17H2,1-6H3. The summed E-state index contributed by atoms with van der Waals surface area (Å²) in [6, 6.07) is 18.6. The lowest BCUT2D eigenvalue weighted by molar-refractivity contribution is -0.158. The fourth-order valence-electron chi connectivity index (χ4n) is 4.26. The van der Waals surface area contributed by atoms with Gasteiger partial charge < -0.3 is 4.74 Å². The molecule has 2 aromatic carbocycles. The summed E-state index contributed by atoms with van der Waals surface area (Å²) in [6.45, 7) is 12.9. The van der Waals surface area contributed by atoms with Crippen molar-refractivity contribution in [2.24, 2.45) is 16.2 Å². The number of ether oxygens (including phenoxy) is 1. The van der Waals surface area contributed by atoms with Gasteiger partial charge in [0.05, 0.1) is 5.41 Å². The summed E-state index contributed by atoms with van der Waals surface area (Å²) in [5.41, 5.74) is 3.18. The summed E-state index contributed by atoms with van der Waals surface area (Å²) in [5.74, 6) is -0.0398. The van der Waals surface area contributed by atoms with Crippen molar-refractivity contribution in [1.82, 2.24) is 0 Å². The second-order valence-electron chi connectivity index (χ2n) is 9.92. The molecule has 0 spiro atoms. The van der Waals surface area contributed by atoms with Gasteiger partial charge in [0.15, 0.2) is 0 Å². The molecule has 1 fully saturated rings. The molecule has 2 aromatic rings. The highest BCUT2D eigenvalue weighted by atomic mass is 16.5. The van der Waals surface area contributed by atoms with E-state index in [1.807, 2.05) is 25.1 Å². The molecule has 144 valence electrons. The summed E-state index contributed by atoms with van der Waals surface area (Å²) in [4.78, 5) is 13.1. The molecule has 2 atom stereocenters. The molecule has 2 unspecified atom stereocenters. The van der Waals surface area contributed by atoms with E-state index in [4.69, 9.17) is 4.74 Å². The predicted molar refractivity (Wildman–Crippen MR) is 111 cm³/mol. The van der Waals surface area contributed by atoms with Crippen LogP contribution < -0.4 is 0 Å². The Kier molecular flexibility index (Phi) is 4.96. The van der Waals surface area contributed by atoms with Crippen LogP contribution in [0.3, 0.4) is 0 Å². The van der Waals surface area contributed by atoms with Gasteiger partial charge in [-0.2, -0.15) is 0 Å². The molecule has 0 amide bonds. The van der Waals surface area contributed by atoms with Crippen molar-refractivity contribution in [3.63, 3.8) is 0 Å². The topological polar surface area (TPSA) is 26.3 Å². The van der Waals surface area contributed by atoms with E-state index in [0.29, 0.717) is 0 Å². The number of carbonyl (C=O) groups is 1. The Morgan fingerprint density at radius 2 is 1.52 bits per heavy atom. The fourth-order valence-corrected chi connectivity index (χ4v) is 4.26. The lowest BCUT2D eigenvalue weighted by Crippen LogP contribution is -2.29. The van der Waals surface area contributed by atoms with E-state index in [1.165, 1.54) is 11.1 Å². The molecule has 0 aliphatic heterocycles. The molecule has 0 N–H and O–H groups in total. The molecule has 27 heavy (non-hydrogen) atoms. The summed E-state index contributed by atoms with van der Waals surface area (Å²) in [6.07, 6.45) is 1.54. The van der Waals surface area contributed by atoms with Gasteiger partial charge in [0.1, 0.15) is 6.10 Å². The van der Waals surface area contributed by atoms with Crippen LogP contribution in [0.1, 0.15) is 66.1 Å². The van der Waals surface area contributed by atoms with E-state index in [0.717, 1.165) is 18.4 Å². The summed E-state index contributed by atoms with van der Waals surface area (Å²) in [7, 11) is 0. The van der Waals surface area contributed by atoms with Crippen molar-refractivity contribution in [1.29, 1.82) is 0 Å². The van der Waals surface area contributed by atoms with E-state index in [2.05, 4.69) is 71.0 Å². The van der Waals surface area contributed by atoms with E-state index in [-0.39, 0.29) is 28.3 Å². The van der Waals surface area contributed by atoms with Crippen molar-refractivity contribution in [3.8, 4) is 11.1 Å². The van der Waals surface area contributed by atoms with Crippen LogP contribution in [0.4, 0.5) is 0 Å². The van der Waals surface area contributed by atoms with Crippen LogP contribution in [0.2, 0.25) is 0 Å². The van der Waals surface area contributed by atoms with Gasteiger partial charge >= 0.3 is 5.97 Å². The van der Waals surface area contributed by atoms with Crippen LogP contribution in [-0.2, 0) is 9.53 Å². The Labute approximate surface area is 164 Å². The number of hydrogen-bond donors (Lipinski definition) is 0. The van der Waals surface area contributed by atoms with Gasteiger partial charge in [-0.25, -0.2) is 0 Å². The summed E-state index contributed by atoms with van der Waals surface area (Å²) >= 11 is 0. The first-order valence-corrected chi connectivity index (χ1v) is 9.91. The first-order valence-electron chi connectivity index (χ1n) is 9.91. The third-order valence-corrected chi connectivity index (χ3v) is 5.91. The molecule has 2 nitrogen and oxygen atoms in total. The zero-order valence-corrected chi connectivity index (χ0v) is 17.5. The van der Waals surface area contributed by atoms with Gasteiger partial charge in [0.25, 0.3) is 0 Å². The zero-order valence-electron chi connectivity index (χ0n) is 17.5. The normalized spacial score (nSPS) is 22.1. The molecule has 0 heterocycles. The minimum atomic E-state index is -0.344. The lowest BCUT2D eigenvalue weighted by Gasteiger charge is -2.28. The van der Waals surface area contributed by atoms with Crippen molar-refractivity contribution in [3.05, 3.63) is 60.2 Å². The molecule has 0 aromatic heterocycles. The maximum atomic E-state index is 13.1. The number of carbonyl (C=O) groups excluding carboxylic acids is 1. The largest absolute Gasteiger partial charge is 0.457 e. The number of rotatable bonds is 5. The van der Waals surface area contributed by atoms with E-state index >= 15 is 0 Å². The van der Waals surface area contributed by atoms with Crippen LogP contribution in [-0.4, -0.2) is 5.97 Å². The highest BCUT2D eigenvalue weighted by Gasteiger charge is 2.68. The summed E-state index contributed by atoms with van der Waals surface area (Å²) in [5, 5.41) is 0. The second-order valence-corrected chi connectivity index (χ2v) is 9.92. The molecule has 1 saturated carbocycles. The Hall–Kier alpha value is -2.09. The van der Waals surface area contributed by atoms with Gasteiger partial charge in [-0.05, 0) is 47.3 Å². The highest BCUT2D eigenvalue weighted by Crippen LogP contribution is 2.68. The highest BCUT2D eigenvalue weighted by molar-refractivity contribution is 5.82. The van der Waals surface area contributed by atoms with Crippen molar-refractivity contribution >= 4 is 5.97 Å². The molecule has 0 bridgehead atoms. The third-order valence-electron chi connectivity index (χ3n) is 5.91. The molecule has 3 rings (SSSR count). The smallest absolute Gasteiger partial charge is 0.313 e. The van der Waals surface area contributed by atoms with Crippen molar-refractivity contribution < 1.29 is 9.53 Å². The van der Waals surface area contributed by atoms with Crippen molar-refractivity contribution in [2.45, 2.75) is 60.5 Å². The number of esters is 1. The third kappa shape index (κ3) is 4.10. The quantitative estimate of drug-likeness (QED) is 0.545. The maximum absolute atomic E-state index is 13.1. The van der Waals surface area contributed by atoms with E-state index < -0.39 is 0 Å². The van der Waals surface area contributed by atoms with Gasteiger partial charge in [0.2, 0.25) is 0 Å². The predicted octanol–water partition coefficient (Wildman–Crippen LogP) is 6.81. The Balaban J connectivity index is 1.71. The number of hydrogen-bond acceptors (Lipinski definition) is 2. The minimum Gasteiger partial charge on any atom is -0.457 e. The second kappa shape index (κ2) is 6.82. The molecule has 0 saturated heterocycles. The zero-order chi connectivity index (χ0) is 19.9. The number of benzene rings is 2. The van der Waals surface area contributed by atoms with Crippen LogP contribution in [0, 0.1) is 16.2 Å². The Morgan fingerprint density at radius 3 is 2.00 bits per heavy atom. The molecule has 1 aliphatic carbocycles. The van der Waals surface area contributed by atoms with Crippen molar-refractivity contribution in [2.75, 3.05) is 0 Å².